The Morgan fingerprint density at radius 3 is 2.71 bits per heavy atom. The van der Waals surface area contributed by atoms with Crippen LogP contribution < -0.4 is 5.32 Å². The summed E-state index contributed by atoms with van der Waals surface area (Å²) in [4.78, 5) is 9.63. The fraction of sp³-hybridized carbons (Fsp3) is 0.765. The molecule has 0 aliphatic heterocycles. The van der Waals surface area contributed by atoms with Crippen LogP contribution in [0.1, 0.15) is 68.6 Å². The summed E-state index contributed by atoms with van der Waals surface area (Å²) in [5.41, 5.74) is 2.25. The molecule has 0 saturated heterocycles. The zero-order valence-corrected chi connectivity index (χ0v) is 13.5. The number of rotatable bonds is 3. The zero-order valence-electron chi connectivity index (χ0n) is 13.5. The lowest BCUT2D eigenvalue weighted by Gasteiger charge is -2.37. The van der Waals surface area contributed by atoms with E-state index >= 15 is 0 Å². The van der Waals surface area contributed by atoms with Gasteiger partial charge in [-0.25, -0.2) is 9.97 Å². The van der Waals surface area contributed by atoms with E-state index in [1.165, 1.54) is 36.9 Å². The summed E-state index contributed by atoms with van der Waals surface area (Å²) >= 11 is 0. The van der Waals surface area contributed by atoms with E-state index in [-0.39, 0.29) is 5.60 Å². The predicted octanol–water partition coefficient (Wildman–Crippen LogP) is 3.13. The highest BCUT2D eigenvalue weighted by Crippen LogP contribution is 2.41. The van der Waals surface area contributed by atoms with Crippen LogP contribution in [0.5, 0.6) is 0 Å². The van der Waals surface area contributed by atoms with Gasteiger partial charge in [-0.2, -0.15) is 0 Å². The minimum atomic E-state index is -0.256. The molecular weight excluding hydrogens is 262 g/mol. The first-order chi connectivity index (χ1) is 10.2. The average molecular weight is 289 g/mol. The number of fused-ring (bicyclic) bond motifs is 1. The molecule has 21 heavy (non-hydrogen) atoms. The number of nitrogens with zero attached hydrogens (tertiary/aromatic N) is 2. The minimum Gasteiger partial charge on any atom is -0.370 e. The molecule has 2 aliphatic rings. The van der Waals surface area contributed by atoms with Crippen LogP contribution in [0.2, 0.25) is 0 Å². The molecule has 0 aromatic carbocycles. The van der Waals surface area contributed by atoms with Crippen LogP contribution in [0.25, 0.3) is 0 Å². The van der Waals surface area contributed by atoms with Gasteiger partial charge in [0.05, 0.1) is 0 Å². The summed E-state index contributed by atoms with van der Waals surface area (Å²) in [6.07, 6.45) is 9.97. The van der Waals surface area contributed by atoms with Crippen LogP contribution in [0.3, 0.4) is 0 Å². The number of aryl methyl sites for hydroxylation is 1. The lowest BCUT2D eigenvalue weighted by Crippen LogP contribution is -2.36. The van der Waals surface area contributed by atoms with Crippen molar-refractivity contribution >= 4 is 0 Å². The molecule has 4 nitrogen and oxygen atoms in total. The first-order valence-corrected chi connectivity index (χ1v) is 8.27. The number of methoxy groups -OCH3 is 1. The topological polar surface area (TPSA) is 47.0 Å². The number of aromatic nitrogens is 2. The Hall–Kier alpha value is -1.00. The van der Waals surface area contributed by atoms with E-state index in [2.05, 4.69) is 12.2 Å². The molecule has 4 heteroatoms. The molecular formula is C17H27N3O. The highest BCUT2D eigenvalue weighted by Gasteiger charge is 2.39. The van der Waals surface area contributed by atoms with Crippen molar-refractivity contribution in [2.24, 2.45) is 5.92 Å². The maximum Gasteiger partial charge on any atom is 0.160 e. The quantitative estimate of drug-likeness (QED) is 0.928. The third kappa shape index (κ3) is 2.71. The lowest BCUT2D eigenvalue weighted by atomic mass is 9.78. The maximum absolute atomic E-state index is 5.92. The Kier molecular flexibility index (Phi) is 4.27. The monoisotopic (exact) mass is 289 g/mol. The largest absolute Gasteiger partial charge is 0.370 e. The number of ether oxygens (including phenoxy) is 1. The van der Waals surface area contributed by atoms with Crippen LogP contribution in [0.4, 0.5) is 0 Å². The first kappa shape index (κ1) is 14.9. The van der Waals surface area contributed by atoms with E-state index < -0.39 is 0 Å². The van der Waals surface area contributed by atoms with Crippen LogP contribution in [0.15, 0.2) is 6.20 Å². The van der Waals surface area contributed by atoms with E-state index in [0.717, 1.165) is 31.0 Å². The van der Waals surface area contributed by atoms with Gasteiger partial charge in [-0.3, -0.25) is 0 Å². The fourth-order valence-electron chi connectivity index (χ4n) is 3.81. The summed E-state index contributed by atoms with van der Waals surface area (Å²) in [7, 11) is 3.84. The first-order valence-electron chi connectivity index (χ1n) is 8.27. The van der Waals surface area contributed by atoms with Crippen LogP contribution in [-0.2, 0) is 16.8 Å². The Morgan fingerprint density at radius 2 is 2.05 bits per heavy atom. The van der Waals surface area contributed by atoms with Crippen molar-refractivity contribution in [3.63, 3.8) is 0 Å². The van der Waals surface area contributed by atoms with Crippen molar-refractivity contribution in [1.82, 2.24) is 15.3 Å². The third-order valence-corrected chi connectivity index (χ3v) is 5.41. The van der Waals surface area contributed by atoms with Gasteiger partial charge in [0.15, 0.2) is 5.82 Å². The molecule has 3 rings (SSSR count). The summed E-state index contributed by atoms with van der Waals surface area (Å²) in [6, 6.07) is 0.410. The molecule has 0 amide bonds. The molecule has 0 spiro atoms. The summed E-state index contributed by atoms with van der Waals surface area (Å²) < 4.78 is 5.92. The van der Waals surface area contributed by atoms with E-state index in [0.29, 0.717) is 6.04 Å². The Balaban J connectivity index is 1.92. The number of hydrogen-bond donors (Lipinski definition) is 1. The van der Waals surface area contributed by atoms with Gasteiger partial charge in [0.25, 0.3) is 0 Å². The van der Waals surface area contributed by atoms with Gasteiger partial charge in [-0.1, -0.05) is 6.92 Å². The molecule has 1 fully saturated rings. The standard InChI is InChI=1S/C17H27N3O/c1-12-7-9-17(21-3,10-8-12)16-19-11-13-14(18-2)5-4-6-15(13)20-16/h11-12,14,18H,4-10H2,1-3H3. The molecule has 1 aromatic heterocycles. The molecule has 0 radical (unpaired) electrons. The van der Waals surface area contributed by atoms with Gasteiger partial charge in [0.2, 0.25) is 0 Å². The van der Waals surface area contributed by atoms with Gasteiger partial charge in [-0.15, -0.1) is 0 Å². The molecule has 2 aliphatic carbocycles. The molecule has 116 valence electrons. The van der Waals surface area contributed by atoms with Crippen LogP contribution in [0, 0.1) is 5.92 Å². The minimum absolute atomic E-state index is 0.256. The van der Waals surface area contributed by atoms with E-state index in [9.17, 15) is 0 Å². The molecule has 0 bridgehead atoms. The Bertz CT molecular complexity index is 495. The van der Waals surface area contributed by atoms with E-state index in [1.54, 1.807) is 0 Å². The van der Waals surface area contributed by atoms with Gasteiger partial charge in [0.1, 0.15) is 5.60 Å². The highest BCUT2D eigenvalue weighted by atomic mass is 16.5. The zero-order chi connectivity index (χ0) is 14.9. The second-order valence-electron chi connectivity index (χ2n) is 6.71. The lowest BCUT2D eigenvalue weighted by molar-refractivity contribution is -0.0599. The molecule has 1 heterocycles. The predicted molar refractivity (Wildman–Crippen MR) is 83.1 cm³/mol. The molecule has 1 saturated carbocycles. The van der Waals surface area contributed by atoms with E-state index in [1.807, 2.05) is 20.4 Å². The Morgan fingerprint density at radius 1 is 1.29 bits per heavy atom. The van der Waals surface area contributed by atoms with Gasteiger partial charge in [-0.05, 0) is 57.9 Å². The Labute approximate surface area is 127 Å². The average Bonchev–Trinajstić information content (AvgIpc) is 2.55. The summed E-state index contributed by atoms with van der Waals surface area (Å²) in [5, 5.41) is 3.38. The second kappa shape index (κ2) is 6.01. The van der Waals surface area contributed by atoms with Crippen molar-refractivity contribution in [3.05, 3.63) is 23.3 Å². The van der Waals surface area contributed by atoms with Crippen molar-refractivity contribution in [2.45, 2.75) is 63.5 Å². The molecule has 1 aromatic rings. The molecule has 1 atom stereocenters. The highest BCUT2D eigenvalue weighted by molar-refractivity contribution is 5.26. The molecule has 1 unspecified atom stereocenters. The third-order valence-electron chi connectivity index (χ3n) is 5.41. The fourth-order valence-corrected chi connectivity index (χ4v) is 3.81. The second-order valence-corrected chi connectivity index (χ2v) is 6.71. The summed E-state index contributed by atoms with van der Waals surface area (Å²) in [5.74, 6) is 1.70. The van der Waals surface area contributed by atoms with Crippen LogP contribution >= 0.6 is 0 Å². The smallest absolute Gasteiger partial charge is 0.160 e. The van der Waals surface area contributed by atoms with Gasteiger partial charge < -0.3 is 10.1 Å². The van der Waals surface area contributed by atoms with Crippen LogP contribution in [-0.4, -0.2) is 24.1 Å². The van der Waals surface area contributed by atoms with Crippen molar-refractivity contribution in [3.8, 4) is 0 Å². The maximum atomic E-state index is 5.92. The van der Waals surface area contributed by atoms with Crippen molar-refractivity contribution < 1.29 is 4.74 Å². The van der Waals surface area contributed by atoms with Gasteiger partial charge >= 0.3 is 0 Å². The van der Waals surface area contributed by atoms with Crippen molar-refractivity contribution in [1.29, 1.82) is 0 Å². The number of hydrogen-bond acceptors (Lipinski definition) is 4. The SMILES string of the molecule is CNC1CCCc2nc(C3(OC)CCC(C)CC3)ncc21. The van der Waals surface area contributed by atoms with Crippen molar-refractivity contribution in [2.75, 3.05) is 14.2 Å². The van der Waals surface area contributed by atoms with Gasteiger partial charge in [0, 0.05) is 30.6 Å². The summed E-state index contributed by atoms with van der Waals surface area (Å²) in [6.45, 7) is 2.32. The molecule has 1 N–H and O–H groups in total. The normalized spacial score (nSPS) is 32.7. The number of nitrogens with one attached hydrogen (secondary N) is 1. The van der Waals surface area contributed by atoms with E-state index in [4.69, 9.17) is 14.7 Å².